The van der Waals surface area contributed by atoms with Crippen LogP contribution in [0.1, 0.15) is 37.8 Å². The summed E-state index contributed by atoms with van der Waals surface area (Å²) >= 11 is 0. The van der Waals surface area contributed by atoms with Crippen LogP contribution in [0, 0.1) is 0 Å². The number of benzene rings is 2. The molecule has 0 bridgehead atoms. The molecular weight excluding hydrogens is 426 g/mol. The summed E-state index contributed by atoms with van der Waals surface area (Å²) in [4.78, 5) is 7.10. The van der Waals surface area contributed by atoms with Gasteiger partial charge in [0.1, 0.15) is 19.0 Å². The fourth-order valence-electron chi connectivity index (χ4n) is 4.62. The molecule has 2 aromatic carbocycles. The highest BCUT2D eigenvalue weighted by Gasteiger charge is 2.19. The topological polar surface area (TPSA) is 55.9 Å². The van der Waals surface area contributed by atoms with Gasteiger partial charge in [-0.3, -0.25) is 4.98 Å². The van der Waals surface area contributed by atoms with E-state index in [0.29, 0.717) is 19.3 Å². The number of fused-ring (bicyclic) bond motifs is 2. The summed E-state index contributed by atoms with van der Waals surface area (Å²) in [6, 6.07) is 15.3. The zero-order valence-electron chi connectivity index (χ0n) is 20.7. The summed E-state index contributed by atoms with van der Waals surface area (Å²) in [6.45, 7) is 9.47. The molecule has 1 aromatic heterocycles. The van der Waals surface area contributed by atoms with Crippen LogP contribution in [-0.2, 0) is 13.0 Å². The minimum Gasteiger partial charge on any atom is -0.495 e. The maximum atomic E-state index is 5.70. The van der Waals surface area contributed by atoms with Crippen molar-refractivity contribution in [1.82, 2.24) is 15.2 Å². The number of nitrogens with zero attached hydrogens (tertiary/aromatic N) is 2. The Hall–Kier alpha value is -2.83. The predicted octanol–water partition coefficient (Wildman–Crippen LogP) is 4.84. The van der Waals surface area contributed by atoms with Crippen molar-refractivity contribution >= 4 is 10.9 Å². The van der Waals surface area contributed by atoms with E-state index in [0.717, 1.165) is 55.4 Å². The number of hydrogen-bond donors (Lipinski definition) is 1. The summed E-state index contributed by atoms with van der Waals surface area (Å²) < 4.78 is 16.7. The van der Waals surface area contributed by atoms with Gasteiger partial charge in [-0.2, -0.15) is 0 Å². The van der Waals surface area contributed by atoms with Gasteiger partial charge in [0.25, 0.3) is 0 Å². The van der Waals surface area contributed by atoms with E-state index in [4.69, 9.17) is 14.2 Å². The third kappa shape index (κ3) is 5.99. The quantitative estimate of drug-likeness (QED) is 0.541. The molecule has 0 amide bonds. The van der Waals surface area contributed by atoms with Crippen molar-refractivity contribution in [2.45, 2.75) is 45.7 Å². The van der Waals surface area contributed by atoms with Gasteiger partial charge in [0.2, 0.25) is 0 Å². The maximum Gasteiger partial charge on any atom is 0.161 e. The van der Waals surface area contributed by atoms with Crippen LogP contribution >= 0.6 is 0 Å². The zero-order valence-corrected chi connectivity index (χ0v) is 20.7. The zero-order chi connectivity index (χ0) is 23.8. The molecule has 0 saturated carbocycles. The van der Waals surface area contributed by atoms with Gasteiger partial charge in [0.15, 0.2) is 11.5 Å². The standard InChI is InChI=1S/C26H31N3O3.C2H6/c1-30-22-16-23-20(3-2-4-24(23)28-18-22)7-10-29-11-8-21(9-12-29)27-17-19-5-6-25-26(15-19)32-14-13-31-25;1-2/h2-6,15-16,18,21,27H,7-14,17H2,1H3;1-2H3. The smallest absolute Gasteiger partial charge is 0.161 e. The first kappa shape index (κ1) is 24.3. The van der Waals surface area contributed by atoms with Crippen LogP contribution in [0.4, 0.5) is 0 Å². The van der Waals surface area contributed by atoms with Crippen molar-refractivity contribution in [3.05, 3.63) is 59.8 Å². The average molecular weight is 464 g/mol. The summed E-state index contributed by atoms with van der Waals surface area (Å²) in [7, 11) is 1.69. The van der Waals surface area contributed by atoms with Gasteiger partial charge < -0.3 is 24.4 Å². The average Bonchev–Trinajstić information content (AvgIpc) is 2.92. The first-order chi connectivity index (χ1) is 16.8. The maximum absolute atomic E-state index is 5.70. The Kier molecular flexibility index (Phi) is 8.61. The SMILES string of the molecule is CC.COc1cnc2cccc(CCN3CCC(NCc4ccc5c(c4)OCCO5)CC3)c2c1. The molecule has 1 fully saturated rings. The van der Waals surface area contributed by atoms with Crippen LogP contribution in [-0.4, -0.2) is 55.9 Å². The van der Waals surface area contributed by atoms with Gasteiger partial charge in [0.05, 0.1) is 18.8 Å². The van der Waals surface area contributed by atoms with Crippen molar-refractivity contribution < 1.29 is 14.2 Å². The van der Waals surface area contributed by atoms with Gasteiger partial charge in [-0.05, 0) is 67.7 Å². The molecule has 2 aliphatic heterocycles. The highest BCUT2D eigenvalue weighted by molar-refractivity contribution is 5.83. The molecule has 1 N–H and O–H groups in total. The Morgan fingerprint density at radius 1 is 1.03 bits per heavy atom. The molecule has 1 saturated heterocycles. The fraction of sp³-hybridized carbons (Fsp3) is 0.464. The second-order valence-corrected chi connectivity index (χ2v) is 8.58. The molecule has 5 rings (SSSR count). The molecule has 6 heteroatoms. The van der Waals surface area contributed by atoms with Crippen LogP contribution in [0.25, 0.3) is 10.9 Å². The summed E-state index contributed by atoms with van der Waals surface area (Å²) in [5, 5.41) is 4.93. The van der Waals surface area contributed by atoms with Crippen LogP contribution in [0.15, 0.2) is 48.7 Å². The van der Waals surface area contributed by atoms with Gasteiger partial charge in [-0.25, -0.2) is 0 Å². The second-order valence-electron chi connectivity index (χ2n) is 8.58. The molecule has 182 valence electrons. The highest BCUT2D eigenvalue weighted by atomic mass is 16.6. The van der Waals surface area contributed by atoms with Crippen molar-refractivity contribution in [2.75, 3.05) is 40.0 Å². The predicted molar refractivity (Wildman–Crippen MR) is 137 cm³/mol. The van der Waals surface area contributed by atoms with E-state index in [1.807, 2.05) is 19.9 Å². The second kappa shape index (κ2) is 12.0. The van der Waals surface area contributed by atoms with Crippen molar-refractivity contribution in [2.24, 2.45) is 0 Å². The Morgan fingerprint density at radius 3 is 2.62 bits per heavy atom. The number of ether oxygens (including phenoxy) is 3. The number of aromatic nitrogens is 1. The van der Waals surface area contributed by atoms with E-state index in [1.54, 1.807) is 13.3 Å². The largest absolute Gasteiger partial charge is 0.495 e. The molecule has 6 nitrogen and oxygen atoms in total. The van der Waals surface area contributed by atoms with Crippen molar-refractivity contribution in [3.8, 4) is 17.2 Å². The lowest BCUT2D eigenvalue weighted by atomic mass is 10.0. The molecular formula is C28H37N3O3. The molecule has 0 radical (unpaired) electrons. The third-order valence-corrected chi connectivity index (χ3v) is 6.51. The molecule has 3 heterocycles. The normalized spacial score (nSPS) is 16.1. The minimum absolute atomic E-state index is 0.561. The molecule has 3 aromatic rings. The Labute approximate surface area is 203 Å². The Morgan fingerprint density at radius 2 is 1.82 bits per heavy atom. The van der Waals surface area contributed by atoms with Crippen molar-refractivity contribution in [3.63, 3.8) is 0 Å². The highest BCUT2D eigenvalue weighted by Crippen LogP contribution is 2.30. The first-order valence-corrected chi connectivity index (χ1v) is 12.5. The summed E-state index contributed by atoms with van der Waals surface area (Å²) in [5.41, 5.74) is 3.62. The lowest BCUT2D eigenvalue weighted by Crippen LogP contribution is -2.42. The van der Waals surface area contributed by atoms with Crippen LogP contribution in [0.2, 0.25) is 0 Å². The van der Waals surface area contributed by atoms with Crippen molar-refractivity contribution in [1.29, 1.82) is 0 Å². The molecule has 0 aliphatic carbocycles. The molecule has 0 unspecified atom stereocenters. The lowest BCUT2D eigenvalue weighted by Gasteiger charge is -2.32. The summed E-state index contributed by atoms with van der Waals surface area (Å²) in [6.07, 6.45) is 5.17. The number of methoxy groups -OCH3 is 1. The van der Waals surface area contributed by atoms with Gasteiger partial charge in [-0.1, -0.05) is 32.0 Å². The van der Waals surface area contributed by atoms with E-state index in [1.165, 1.54) is 29.4 Å². The van der Waals surface area contributed by atoms with E-state index < -0.39 is 0 Å². The minimum atomic E-state index is 0.561. The molecule has 2 aliphatic rings. The van der Waals surface area contributed by atoms with E-state index >= 15 is 0 Å². The Bertz CT molecular complexity index is 1060. The Balaban J connectivity index is 0.00000133. The fourth-order valence-corrected chi connectivity index (χ4v) is 4.62. The van der Waals surface area contributed by atoms with E-state index in [-0.39, 0.29) is 0 Å². The van der Waals surface area contributed by atoms with Gasteiger partial charge >= 0.3 is 0 Å². The number of hydrogen-bond acceptors (Lipinski definition) is 6. The summed E-state index contributed by atoms with van der Waals surface area (Å²) in [5.74, 6) is 2.54. The van der Waals surface area contributed by atoms with E-state index in [9.17, 15) is 0 Å². The number of nitrogens with one attached hydrogen (secondary N) is 1. The molecule has 34 heavy (non-hydrogen) atoms. The number of pyridine rings is 1. The van der Waals surface area contributed by atoms with Crippen LogP contribution in [0.3, 0.4) is 0 Å². The van der Waals surface area contributed by atoms with Gasteiger partial charge in [-0.15, -0.1) is 0 Å². The van der Waals surface area contributed by atoms with Crippen LogP contribution < -0.4 is 19.5 Å². The number of rotatable bonds is 7. The lowest BCUT2D eigenvalue weighted by molar-refractivity contribution is 0.171. The van der Waals surface area contributed by atoms with Crippen LogP contribution in [0.5, 0.6) is 17.2 Å². The molecule has 0 spiro atoms. The monoisotopic (exact) mass is 463 g/mol. The first-order valence-electron chi connectivity index (χ1n) is 12.5. The third-order valence-electron chi connectivity index (χ3n) is 6.51. The number of piperidine rings is 1. The van der Waals surface area contributed by atoms with Gasteiger partial charge in [0, 0.05) is 24.5 Å². The van der Waals surface area contributed by atoms with E-state index in [2.05, 4.69) is 51.6 Å². The number of likely N-dealkylation sites (tertiary alicyclic amines) is 1. The molecule has 0 atom stereocenters.